The number of aryl methyl sites for hydroxylation is 1. The van der Waals surface area contributed by atoms with Crippen LogP contribution in [0.4, 0.5) is 37.8 Å². The molecule has 0 unspecified atom stereocenters. The van der Waals surface area contributed by atoms with Crippen LogP contribution in [0.15, 0.2) is 34.4 Å². The average molecular weight is 708 g/mol. The molecule has 5 N–H and O–H groups in total. The number of anilines is 2. The molecule has 1 aromatic heterocycles. The molecule has 16 heteroatoms. The van der Waals surface area contributed by atoms with E-state index in [9.17, 15) is 17.6 Å². The van der Waals surface area contributed by atoms with Crippen molar-refractivity contribution in [1.82, 2.24) is 15.2 Å². The van der Waals surface area contributed by atoms with E-state index in [1.54, 1.807) is 19.1 Å². The van der Waals surface area contributed by atoms with Crippen LogP contribution in [0, 0.1) is 18.6 Å². The molecule has 9 nitrogen and oxygen atoms in total. The Morgan fingerprint density at radius 3 is 2.73 bits per heavy atom. The van der Waals surface area contributed by atoms with Crippen LogP contribution in [0.2, 0.25) is 5.02 Å². The number of hydrogen-bond acceptors (Lipinski definition) is 9. The minimum atomic E-state index is -5.12. The van der Waals surface area contributed by atoms with Gasteiger partial charge in [-0.25, -0.2) is 23.1 Å². The summed E-state index contributed by atoms with van der Waals surface area (Å²) in [6.45, 7) is 3.62. The van der Waals surface area contributed by atoms with Crippen molar-refractivity contribution in [2.75, 3.05) is 37.8 Å². The second-order valence-electron chi connectivity index (χ2n) is 12.9. The molecule has 2 fully saturated rings. The first-order valence-corrected chi connectivity index (χ1v) is 16.1. The van der Waals surface area contributed by atoms with Crippen molar-refractivity contribution in [2.45, 2.75) is 63.0 Å². The Morgan fingerprint density at radius 2 is 2.00 bits per heavy atom. The predicted molar refractivity (Wildman–Crippen MR) is 171 cm³/mol. The molecule has 0 amide bonds. The highest BCUT2D eigenvalue weighted by Gasteiger charge is 2.50. The number of ether oxygens (including phenoxy) is 2. The van der Waals surface area contributed by atoms with Crippen molar-refractivity contribution in [3.05, 3.63) is 68.3 Å². The molecule has 7 rings (SSSR count). The molecule has 4 atom stereocenters. The van der Waals surface area contributed by atoms with Gasteiger partial charge in [-0.15, -0.1) is 0 Å². The molecule has 4 aliphatic rings. The zero-order valence-electron chi connectivity index (χ0n) is 26.4. The van der Waals surface area contributed by atoms with Crippen molar-refractivity contribution in [2.24, 2.45) is 9.98 Å². The van der Waals surface area contributed by atoms with Crippen LogP contribution in [-0.2, 0) is 10.9 Å². The Labute approximate surface area is 281 Å². The lowest BCUT2D eigenvalue weighted by Gasteiger charge is -2.31. The number of benzene rings is 2. The van der Waals surface area contributed by atoms with Gasteiger partial charge >= 0.3 is 12.3 Å². The molecule has 0 spiro atoms. The minimum Gasteiger partial charge on any atom is -0.448 e. The maximum Gasteiger partial charge on any atom is 0.417 e. The van der Waals surface area contributed by atoms with Gasteiger partial charge in [0.05, 0.1) is 38.1 Å². The summed E-state index contributed by atoms with van der Waals surface area (Å²) in [5, 5.41) is 2.36. The number of pyridine rings is 1. The standard InChI is InChI=1S/C33H32ClF6N7O2/c1-14-9-18(41)24(36)19(22(14)33(38,39)40)20-23(34)27-21-28(45-13-44-27)26(15(2)17-5-3-7-43-30(17)42)46-31(49-29(21)25(20)37)48-12-32-6-4-8-47(32)11-16(35)10-32/h3,5,7,9,15-16,26,45H,4,6,8,10-13,41H2,1-2H3,(H2,42,43)/t15-,16-,26+,32+/m1/s1. The highest BCUT2D eigenvalue weighted by Crippen LogP contribution is 2.46. The highest BCUT2D eigenvalue weighted by molar-refractivity contribution is 6.33. The molecule has 0 saturated carbocycles. The SMILES string of the molecule is Cc1cc(N)c(F)c(-c2c(F)c3c4c(c2Cl)=NCNC=4[C@H]([C@H](C)c2cccnc2N)N=C(OC[C@@]24CCCN2C[C@H](F)C4)O3)c1C(F)(F)F. The molecule has 0 aliphatic carbocycles. The van der Waals surface area contributed by atoms with E-state index < -0.39 is 86.3 Å². The molecule has 4 aliphatic heterocycles. The third-order valence-corrected chi connectivity index (χ3v) is 10.3. The number of nitrogens with one attached hydrogen (secondary N) is 1. The molecule has 0 bridgehead atoms. The van der Waals surface area contributed by atoms with E-state index in [4.69, 9.17) is 37.5 Å². The van der Waals surface area contributed by atoms with Crippen LogP contribution in [0.3, 0.4) is 0 Å². The third-order valence-electron chi connectivity index (χ3n) is 9.90. The zero-order valence-corrected chi connectivity index (χ0v) is 27.2. The molecular formula is C33H32ClF6N7O2. The van der Waals surface area contributed by atoms with E-state index in [-0.39, 0.29) is 48.3 Å². The first-order chi connectivity index (χ1) is 23.2. The summed E-state index contributed by atoms with van der Waals surface area (Å²) in [5.74, 6) is -3.89. The van der Waals surface area contributed by atoms with E-state index in [1.165, 1.54) is 6.20 Å². The second-order valence-corrected chi connectivity index (χ2v) is 13.3. The number of halogens is 7. The number of fused-ring (bicyclic) bond motifs is 1. The lowest BCUT2D eigenvalue weighted by Crippen LogP contribution is -2.44. The number of aliphatic imine (C=N–C) groups is 1. The summed E-state index contributed by atoms with van der Waals surface area (Å²) >= 11 is 6.72. The average Bonchev–Trinajstić information content (AvgIpc) is 3.50. The Balaban J connectivity index is 1.46. The number of nitrogen functional groups attached to an aromatic ring is 2. The molecule has 3 aromatic rings. The predicted octanol–water partition coefficient (Wildman–Crippen LogP) is 4.97. The highest BCUT2D eigenvalue weighted by atomic mass is 35.5. The van der Waals surface area contributed by atoms with Gasteiger partial charge in [0.25, 0.3) is 0 Å². The normalized spacial score (nSPS) is 23.9. The Morgan fingerprint density at radius 1 is 1.22 bits per heavy atom. The van der Waals surface area contributed by atoms with Crippen LogP contribution in [0.5, 0.6) is 5.75 Å². The summed E-state index contributed by atoms with van der Waals surface area (Å²) < 4.78 is 103. The van der Waals surface area contributed by atoms with E-state index in [0.29, 0.717) is 18.5 Å². The van der Waals surface area contributed by atoms with Crippen molar-refractivity contribution < 1.29 is 35.8 Å². The molecule has 49 heavy (non-hydrogen) atoms. The van der Waals surface area contributed by atoms with Crippen LogP contribution in [0.1, 0.15) is 48.8 Å². The van der Waals surface area contributed by atoms with Crippen LogP contribution < -0.4 is 32.1 Å². The summed E-state index contributed by atoms with van der Waals surface area (Å²) in [6, 6.07) is 3.35. The number of rotatable bonds is 5. The lowest BCUT2D eigenvalue weighted by molar-refractivity contribution is -0.137. The van der Waals surface area contributed by atoms with Crippen molar-refractivity contribution in [1.29, 1.82) is 0 Å². The van der Waals surface area contributed by atoms with E-state index in [2.05, 4.69) is 15.3 Å². The molecular weight excluding hydrogens is 676 g/mol. The van der Waals surface area contributed by atoms with Gasteiger partial charge in [0.2, 0.25) is 0 Å². The Bertz CT molecular complexity index is 2030. The maximum absolute atomic E-state index is 17.0. The fourth-order valence-corrected chi connectivity index (χ4v) is 8.02. The number of nitrogens with two attached hydrogens (primary N) is 2. The van der Waals surface area contributed by atoms with E-state index >= 15 is 8.78 Å². The van der Waals surface area contributed by atoms with Crippen molar-refractivity contribution in [3.63, 3.8) is 0 Å². The van der Waals surface area contributed by atoms with E-state index in [1.807, 2.05) is 4.90 Å². The molecule has 0 radical (unpaired) electrons. The van der Waals surface area contributed by atoms with Gasteiger partial charge in [-0.1, -0.05) is 24.6 Å². The third kappa shape index (κ3) is 5.41. The molecule has 5 heterocycles. The first-order valence-electron chi connectivity index (χ1n) is 15.7. The lowest BCUT2D eigenvalue weighted by atomic mass is 9.89. The Kier molecular flexibility index (Phi) is 8.13. The fourth-order valence-electron chi connectivity index (χ4n) is 7.68. The van der Waals surface area contributed by atoms with Gasteiger partial charge < -0.3 is 26.3 Å². The second kappa shape index (κ2) is 12.0. The maximum atomic E-state index is 17.0. The smallest absolute Gasteiger partial charge is 0.417 e. The number of aromatic nitrogens is 1. The van der Waals surface area contributed by atoms with Gasteiger partial charge in [0, 0.05) is 36.2 Å². The summed E-state index contributed by atoms with van der Waals surface area (Å²) in [4.78, 5) is 15.3. The molecule has 2 saturated heterocycles. The number of nitrogens with zero attached hydrogens (tertiary/aromatic N) is 4. The zero-order chi connectivity index (χ0) is 35.0. The minimum absolute atomic E-state index is 0.0286. The van der Waals surface area contributed by atoms with Gasteiger partial charge in [-0.3, -0.25) is 9.89 Å². The largest absolute Gasteiger partial charge is 0.448 e. The Hall–Kier alpha value is -4.24. The number of alkyl halides is 4. The van der Waals surface area contributed by atoms with Crippen LogP contribution >= 0.6 is 11.6 Å². The number of hydrogen-bond donors (Lipinski definition) is 3. The van der Waals surface area contributed by atoms with Crippen molar-refractivity contribution >= 4 is 34.9 Å². The van der Waals surface area contributed by atoms with Gasteiger partial charge in [-0.2, -0.15) is 13.2 Å². The first kappa shape index (κ1) is 33.3. The van der Waals surface area contributed by atoms with E-state index in [0.717, 1.165) is 19.4 Å². The summed E-state index contributed by atoms with van der Waals surface area (Å²) in [6.07, 6.45) is -3.41. The van der Waals surface area contributed by atoms with Crippen LogP contribution in [-0.4, -0.2) is 60.1 Å². The quantitative estimate of drug-likeness (QED) is 0.253. The topological polar surface area (TPSA) is 123 Å². The fraction of sp³-hybridized carbons (Fsp3) is 0.424. The summed E-state index contributed by atoms with van der Waals surface area (Å²) in [5.41, 5.74) is 7.56. The molecule has 260 valence electrons. The summed E-state index contributed by atoms with van der Waals surface area (Å²) in [7, 11) is 0. The van der Waals surface area contributed by atoms with Gasteiger partial charge in [-0.05, 0) is 49.6 Å². The molecule has 2 aromatic carbocycles. The van der Waals surface area contributed by atoms with Crippen LogP contribution in [0.25, 0.3) is 16.8 Å². The monoisotopic (exact) mass is 707 g/mol. The van der Waals surface area contributed by atoms with Crippen molar-refractivity contribution in [3.8, 4) is 16.9 Å². The van der Waals surface area contributed by atoms with Gasteiger partial charge in [0.1, 0.15) is 31.3 Å². The van der Waals surface area contributed by atoms with Gasteiger partial charge in [0.15, 0.2) is 17.4 Å².